The zero-order chi connectivity index (χ0) is 14.2. The molecule has 0 spiro atoms. The van der Waals surface area contributed by atoms with Crippen LogP contribution in [0.3, 0.4) is 0 Å². The molecular formula is C11H15FN2O5. The van der Waals surface area contributed by atoms with Crippen LogP contribution < -0.4 is 11.2 Å². The summed E-state index contributed by atoms with van der Waals surface area (Å²) in [6.07, 6.45) is -0.513. The Hall–Kier alpha value is -1.51. The Balaban J connectivity index is 2.38. The standard InChI is InChI=1S/C11H15FN2O5/c1-11(5-16)2-8(19-7(11)4-15)14-3-6(12)9(17)13-10(14)18/h3,7-8,15-16H,2,4-5H2,1H3,(H,13,17,18)/t7-,8-,11+/m1/s1. The predicted octanol–water partition coefficient (Wildman–Crippen LogP) is -1.05. The number of halogens is 1. The lowest BCUT2D eigenvalue weighted by Crippen LogP contribution is -2.34. The van der Waals surface area contributed by atoms with E-state index in [1.54, 1.807) is 6.92 Å². The molecule has 1 aromatic heterocycles. The first-order chi connectivity index (χ1) is 8.91. The summed E-state index contributed by atoms with van der Waals surface area (Å²) in [5, 5.41) is 18.6. The molecule has 19 heavy (non-hydrogen) atoms. The van der Waals surface area contributed by atoms with E-state index in [-0.39, 0.29) is 19.6 Å². The van der Waals surface area contributed by atoms with Crippen LogP contribution in [0, 0.1) is 11.2 Å². The van der Waals surface area contributed by atoms with Gasteiger partial charge in [0.2, 0.25) is 5.82 Å². The van der Waals surface area contributed by atoms with Gasteiger partial charge in [-0.1, -0.05) is 6.92 Å². The molecule has 7 nitrogen and oxygen atoms in total. The molecule has 0 unspecified atom stereocenters. The lowest BCUT2D eigenvalue weighted by molar-refractivity contribution is -0.0544. The van der Waals surface area contributed by atoms with Crippen LogP contribution in [0.25, 0.3) is 0 Å². The second-order valence-corrected chi connectivity index (χ2v) is 4.92. The van der Waals surface area contributed by atoms with Crippen molar-refractivity contribution in [1.82, 2.24) is 9.55 Å². The van der Waals surface area contributed by atoms with Crippen molar-refractivity contribution in [2.75, 3.05) is 13.2 Å². The van der Waals surface area contributed by atoms with Gasteiger partial charge < -0.3 is 14.9 Å². The lowest BCUT2D eigenvalue weighted by Gasteiger charge is -2.25. The van der Waals surface area contributed by atoms with Gasteiger partial charge >= 0.3 is 5.69 Å². The van der Waals surface area contributed by atoms with Gasteiger partial charge in [-0.3, -0.25) is 14.3 Å². The molecule has 3 atom stereocenters. The van der Waals surface area contributed by atoms with Gasteiger partial charge in [-0.05, 0) is 0 Å². The normalized spacial score (nSPS) is 30.7. The summed E-state index contributed by atoms with van der Waals surface area (Å²) < 4.78 is 19.6. The van der Waals surface area contributed by atoms with Gasteiger partial charge in [-0.2, -0.15) is 4.39 Å². The fourth-order valence-electron chi connectivity index (χ4n) is 2.20. The Morgan fingerprint density at radius 2 is 2.26 bits per heavy atom. The largest absolute Gasteiger partial charge is 0.396 e. The zero-order valence-corrected chi connectivity index (χ0v) is 10.3. The summed E-state index contributed by atoms with van der Waals surface area (Å²) in [5.41, 5.74) is -2.62. The first-order valence-electron chi connectivity index (χ1n) is 5.79. The third-order valence-corrected chi connectivity index (χ3v) is 3.50. The van der Waals surface area contributed by atoms with Gasteiger partial charge in [0.25, 0.3) is 5.56 Å². The molecule has 1 saturated heterocycles. The molecule has 8 heteroatoms. The van der Waals surface area contributed by atoms with Gasteiger partial charge in [-0.25, -0.2) is 4.79 Å². The number of aromatic amines is 1. The Labute approximate surface area is 107 Å². The summed E-state index contributed by atoms with van der Waals surface area (Å²) in [4.78, 5) is 24.4. The molecule has 0 amide bonds. The van der Waals surface area contributed by atoms with Gasteiger partial charge in [0, 0.05) is 11.8 Å². The topological polar surface area (TPSA) is 105 Å². The molecule has 0 radical (unpaired) electrons. The van der Waals surface area contributed by atoms with Gasteiger partial charge in [0.05, 0.1) is 25.5 Å². The van der Waals surface area contributed by atoms with Crippen molar-refractivity contribution in [2.45, 2.75) is 25.7 Å². The fraction of sp³-hybridized carbons (Fsp3) is 0.636. The van der Waals surface area contributed by atoms with Crippen LogP contribution >= 0.6 is 0 Å². The van der Waals surface area contributed by atoms with E-state index >= 15 is 0 Å². The summed E-state index contributed by atoms with van der Waals surface area (Å²) in [5.74, 6) is -1.10. The maximum absolute atomic E-state index is 13.2. The number of hydrogen-bond donors (Lipinski definition) is 3. The number of rotatable bonds is 3. The monoisotopic (exact) mass is 274 g/mol. The van der Waals surface area contributed by atoms with Gasteiger partial charge in [0.15, 0.2) is 0 Å². The lowest BCUT2D eigenvalue weighted by atomic mass is 9.84. The number of ether oxygens (including phenoxy) is 1. The Morgan fingerprint density at radius 3 is 2.79 bits per heavy atom. The van der Waals surface area contributed by atoms with Crippen molar-refractivity contribution in [3.63, 3.8) is 0 Å². The van der Waals surface area contributed by atoms with Crippen molar-refractivity contribution >= 4 is 0 Å². The van der Waals surface area contributed by atoms with E-state index in [0.717, 1.165) is 10.8 Å². The highest BCUT2D eigenvalue weighted by Crippen LogP contribution is 2.42. The molecule has 1 aromatic rings. The zero-order valence-electron chi connectivity index (χ0n) is 10.3. The van der Waals surface area contributed by atoms with Crippen LogP contribution in [0.15, 0.2) is 15.8 Å². The molecule has 0 saturated carbocycles. The minimum atomic E-state index is -1.10. The number of aliphatic hydroxyl groups excluding tert-OH is 2. The molecule has 3 N–H and O–H groups in total. The van der Waals surface area contributed by atoms with Crippen LogP contribution in [-0.4, -0.2) is 39.1 Å². The van der Waals surface area contributed by atoms with E-state index < -0.39 is 34.8 Å². The van der Waals surface area contributed by atoms with E-state index in [1.165, 1.54) is 0 Å². The molecule has 1 aliphatic heterocycles. The molecule has 0 aromatic carbocycles. The molecular weight excluding hydrogens is 259 g/mol. The quantitative estimate of drug-likeness (QED) is 0.652. The van der Waals surface area contributed by atoms with Gasteiger partial charge in [-0.15, -0.1) is 0 Å². The summed E-state index contributed by atoms with van der Waals surface area (Å²) in [7, 11) is 0. The first-order valence-corrected chi connectivity index (χ1v) is 5.79. The number of aliphatic hydroxyl groups is 2. The smallest absolute Gasteiger partial charge is 0.330 e. The molecule has 1 aliphatic rings. The Kier molecular flexibility index (Phi) is 3.57. The number of H-pyrrole nitrogens is 1. The van der Waals surface area contributed by atoms with Crippen LogP contribution in [0.1, 0.15) is 19.6 Å². The maximum Gasteiger partial charge on any atom is 0.330 e. The minimum absolute atomic E-state index is 0.222. The van der Waals surface area contributed by atoms with Crippen molar-refractivity contribution in [1.29, 1.82) is 0 Å². The number of hydrogen-bond acceptors (Lipinski definition) is 5. The second-order valence-electron chi connectivity index (χ2n) is 4.92. The van der Waals surface area contributed by atoms with E-state index in [1.807, 2.05) is 4.98 Å². The van der Waals surface area contributed by atoms with Crippen LogP contribution in [-0.2, 0) is 4.74 Å². The highest BCUT2D eigenvalue weighted by molar-refractivity contribution is 4.94. The molecule has 0 bridgehead atoms. The summed E-state index contributed by atoms with van der Waals surface area (Å²) >= 11 is 0. The van der Waals surface area contributed by atoms with Crippen LogP contribution in [0.5, 0.6) is 0 Å². The van der Waals surface area contributed by atoms with E-state index in [9.17, 15) is 24.2 Å². The minimum Gasteiger partial charge on any atom is -0.396 e. The first kappa shape index (κ1) is 13.9. The molecule has 2 rings (SSSR count). The third kappa shape index (κ3) is 2.34. The van der Waals surface area contributed by atoms with Crippen LogP contribution in [0.2, 0.25) is 0 Å². The van der Waals surface area contributed by atoms with Crippen molar-refractivity contribution in [3.05, 3.63) is 32.9 Å². The van der Waals surface area contributed by atoms with Crippen molar-refractivity contribution < 1.29 is 19.3 Å². The average molecular weight is 274 g/mol. The van der Waals surface area contributed by atoms with Crippen LogP contribution in [0.4, 0.5) is 4.39 Å². The third-order valence-electron chi connectivity index (χ3n) is 3.50. The maximum atomic E-state index is 13.2. The number of nitrogens with zero attached hydrogens (tertiary/aromatic N) is 1. The van der Waals surface area contributed by atoms with E-state index in [4.69, 9.17) is 4.74 Å². The predicted molar refractivity (Wildman–Crippen MR) is 62.1 cm³/mol. The van der Waals surface area contributed by atoms with Gasteiger partial charge in [0.1, 0.15) is 6.23 Å². The average Bonchev–Trinajstić information content (AvgIpc) is 2.71. The molecule has 0 aliphatic carbocycles. The molecule has 1 fully saturated rings. The van der Waals surface area contributed by atoms with E-state index in [0.29, 0.717) is 0 Å². The summed E-state index contributed by atoms with van der Waals surface area (Å²) in [6.45, 7) is 1.13. The molecule has 2 heterocycles. The SMILES string of the molecule is C[C@@]1(CO)C[C@H](n2cc(F)c(=O)[nH]c2=O)O[C@@H]1CO. The Bertz CT molecular complexity index is 583. The molecule has 106 valence electrons. The number of nitrogens with one attached hydrogen (secondary N) is 1. The summed E-state index contributed by atoms with van der Waals surface area (Å²) in [6, 6.07) is 0. The van der Waals surface area contributed by atoms with Crippen molar-refractivity contribution in [3.8, 4) is 0 Å². The highest BCUT2D eigenvalue weighted by Gasteiger charge is 2.45. The Morgan fingerprint density at radius 1 is 1.58 bits per heavy atom. The van der Waals surface area contributed by atoms with Crippen molar-refractivity contribution in [2.24, 2.45) is 5.41 Å². The highest BCUT2D eigenvalue weighted by atomic mass is 19.1. The fourth-order valence-corrected chi connectivity index (χ4v) is 2.20. The van der Waals surface area contributed by atoms with E-state index in [2.05, 4.69) is 0 Å². The second kappa shape index (κ2) is 4.87. The number of aromatic nitrogens is 2.